The maximum atomic E-state index is 12.5. The monoisotopic (exact) mass is 541 g/mol. The average Bonchev–Trinajstić information content (AvgIpc) is 3.48. The summed E-state index contributed by atoms with van der Waals surface area (Å²) in [6.45, 7) is 5.67. The van der Waals surface area contributed by atoms with E-state index in [4.69, 9.17) is 9.90 Å². The van der Waals surface area contributed by atoms with Crippen molar-refractivity contribution in [2.24, 2.45) is 0 Å². The largest absolute Gasteiger partial charge is 0.490 e. The summed E-state index contributed by atoms with van der Waals surface area (Å²) in [5, 5.41) is 10.0. The molecule has 0 spiro atoms. The van der Waals surface area contributed by atoms with E-state index >= 15 is 0 Å². The second kappa shape index (κ2) is 11.5. The number of rotatable bonds is 5. The standard InChI is InChI=1S/C23H29N3O3S.C2HF3O2/c1-17-4-3-14-26(17)21-13-15-25(16-21)20-9-7-19(8-10-20)24-23(27)18-5-11-22(12-6-18)30(2,28)29;3-2(4,5)1(6)7/h5-12,17,21H,3-4,13-16H2,1-2H3,(H,24,27);(H,6,7). The molecule has 2 aromatic carbocycles. The van der Waals surface area contributed by atoms with Gasteiger partial charge in [-0.25, -0.2) is 13.2 Å². The maximum absolute atomic E-state index is 12.5. The number of hydrogen-bond donors (Lipinski definition) is 2. The number of benzene rings is 2. The van der Waals surface area contributed by atoms with Crippen molar-refractivity contribution in [2.75, 3.05) is 36.1 Å². The van der Waals surface area contributed by atoms with Crippen molar-refractivity contribution in [3.63, 3.8) is 0 Å². The number of nitrogens with zero attached hydrogens (tertiary/aromatic N) is 2. The number of anilines is 2. The summed E-state index contributed by atoms with van der Waals surface area (Å²) < 4.78 is 54.8. The second-order valence-corrected chi connectivity index (χ2v) is 11.2. The highest BCUT2D eigenvalue weighted by atomic mass is 32.2. The van der Waals surface area contributed by atoms with Crippen LogP contribution in [0.2, 0.25) is 0 Å². The number of hydrogen-bond acceptors (Lipinski definition) is 6. The van der Waals surface area contributed by atoms with E-state index in [0.717, 1.165) is 25.0 Å². The van der Waals surface area contributed by atoms with Crippen molar-refractivity contribution in [3.8, 4) is 0 Å². The van der Waals surface area contributed by atoms with E-state index in [-0.39, 0.29) is 10.8 Å². The maximum Gasteiger partial charge on any atom is 0.490 e. The van der Waals surface area contributed by atoms with Crippen molar-refractivity contribution in [2.45, 2.75) is 49.3 Å². The molecule has 2 aliphatic rings. The molecule has 2 aromatic rings. The Morgan fingerprint density at radius 3 is 2.08 bits per heavy atom. The first-order valence-corrected chi connectivity index (χ1v) is 13.7. The van der Waals surface area contributed by atoms with Crippen molar-refractivity contribution in [1.82, 2.24) is 4.90 Å². The first-order chi connectivity index (χ1) is 17.3. The van der Waals surface area contributed by atoms with Crippen molar-refractivity contribution in [3.05, 3.63) is 54.1 Å². The first kappa shape index (κ1) is 28.5. The average molecular weight is 542 g/mol. The van der Waals surface area contributed by atoms with Crippen LogP contribution in [0.5, 0.6) is 0 Å². The third-order valence-electron chi connectivity index (χ3n) is 6.51. The van der Waals surface area contributed by atoms with E-state index in [1.165, 1.54) is 55.8 Å². The summed E-state index contributed by atoms with van der Waals surface area (Å²) in [5.74, 6) is -3.01. The van der Waals surface area contributed by atoms with Crippen LogP contribution in [-0.2, 0) is 14.6 Å². The quantitative estimate of drug-likeness (QED) is 0.589. The Balaban J connectivity index is 0.000000479. The minimum absolute atomic E-state index is 0.204. The summed E-state index contributed by atoms with van der Waals surface area (Å²) >= 11 is 0. The molecule has 0 bridgehead atoms. The Kier molecular flexibility index (Phi) is 8.85. The van der Waals surface area contributed by atoms with Crippen LogP contribution in [0.3, 0.4) is 0 Å². The number of halogens is 3. The molecule has 0 radical (unpaired) electrons. The van der Waals surface area contributed by atoms with E-state index in [2.05, 4.69) is 34.2 Å². The molecule has 0 aliphatic carbocycles. The highest BCUT2D eigenvalue weighted by Gasteiger charge is 2.38. The van der Waals surface area contributed by atoms with Crippen molar-refractivity contribution < 1.29 is 36.3 Å². The predicted molar refractivity (Wildman–Crippen MR) is 134 cm³/mol. The molecule has 2 N–H and O–H groups in total. The fourth-order valence-electron chi connectivity index (χ4n) is 4.56. The number of carbonyl (C=O) groups excluding carboxylic acids is 1. The van der Waals surface area contributed by atoms with Gasteiger partial charge in [-0.15, -0.1) is 0 Å². The van der Waals surface area contributed by atoms with Crippen LogP contribution in [0.25, 0.3) is 0 Å². The number of carbonyl (C=O) groups is 2. The van der Waals surface area contributed by atoms with Crippen molar-refractivity contribution in [1.29, 1.82) is 0 Å². The summed E-state index contributed by atoms with van der Waals surface area (Å²) in [4.78, 5) is 26.6. The lowest BCUT2D eigenvalue weighted by Gasteiger charge is -2.28. The van der Waals surface area contributed by atoms with E-state index in [9.17, 15) is 26.4 Å². The van der Waals surface area contributed by atoms with Gasteiger partial charge < -0.3 is 15.3 Å². The summed E-state index contributed by atoms with van der Waals surface area (Å²) in [5.41, 5.74) is 2.33. The third kappa shape index (κ3) is 7.68. The van der Waals surface area contributed by atoms with E-state index in [1.807, 2.05) is 12.1 Å². The first-order valence-electron chi connectivity index (χ1n) is 11.8. The number of amides is 1. The van der Waals surface area contributed by atoms with Gasteiger partial charge in [-0.05, 0) is 81.3 Å². The molecule has 8 nitrogen and oxygen atoms in total. The molecule has 2 atom stereocenters. The van der Waals surface area contributed by atoms with E-state index in [0.29, 0.717) is 17.6 Å². The van der Waals surface area contributed by atoms with Crippen LogP contribution in [-0.4, -0.2) is 74.5 Å². The van der Waals surface area contributed by atoms with Crippen LogP contribution < -0.4 is 10.2 Å². The molecule has 4 rings (SSSR count). The minimum atomic E-state index is -5.08. The van der Waals surface area contributed by atoms with Gasteiger partial charge in [0.05, 0.1) is 4.90 Å². The zero-order chi connectivity index (χ0) is 27.4. The van der Waals surface area contributed by atoms with Gasteiger partial charge in [0, 0.05) is 48.4 Å². The fourth-order valence-corrected chi connectivity index (χ4v) is 5.19. The number of carboxylic acids is 1. The Hall–Kier alpha value is -3.12. The molecule has 2 fully saturated rings. The van der Waals surface area contributed by atoms with E-state index in [1.54, 1.807) is 0 Å². The van der Waals surface area contributed by atoms with Gasteiger partial charge in [-0.1, -0.05) is 0 Å². The van der Waals surface area contributed by atoms with Gasteiger partial charge in [0.15, 0.2) is 9.84 Å². The predicted octanol–water partition coefficient (Wildman–Crippen LogP) is 4.04. The van der Waals surface area contributed by atoms with Crippen LogP contribution >= 0.6 is 0 Å². The lowest BCUT2D eigenvalue weighted by Crippen LogP contribution is -2.39. The topological polar surface area (TPSA) is 107 Å². The zero-order valence-electron chi connectivity index (χ0n) is 20.5. The highest BCUT2D eigenvalue weighted by molar-refractivity contribution is 7.90. The second-order valence-electron chi connectivity index (χ2n) is 9.22. The molecule has 12 heteroatoms. The molecule has 2 heterocycles. The Labute approximate surface area is 214 Å². The van der Waals surface area contributed by atoms with Gasteiger partial charge in [0.25, 0.3) is 5.91 Å². The molecular formula is C25H30F3N3O5S. The number of carboxylic acid groups (broad SMARTS) is 1. The molecular weight excluding hydrogens is 511 g/mol. The van der Waals surface area contributed by atoms with Crippen LogP contribution in [0.4, 0.5) is 24.5 Å². The van der Waals surface area contributed by atoms with Crippen LogP contribution in [0.15, 0.2) is 53.4 Å². The Morgan fingerprint density at radius 2 is 1.59 bits per heavy atom. The number of nitrogens with one attached hydrogen (secondary N) is 1. The van der Waals surface area contributed by atoms with Gasteiger partial charge in [0.1, 0.15) is 0 Å². The van der Waals surface area contributed by atoms with Gasteiger partial charge in [-0.3, -0.25) is 9.69 Å². The number of likely N-dealkylation sites (tertiary alicyclic amines) is 1. The molecule has 2 aliphatic heterocycles. The van der Waals surface area contributed by atoms with Crippen molar-refractivity contribution >= 4 is 33.1 Å². The normalized spacial score (nSPS) is 20.3. The SMILES string of the molecule is CC1CCCN1C1CCN(c2ccc(NC(=O)c3ccc(S(C)(=O)=O)cc3)cc2)C1.O=C(O)C(F)(F)F. The minimum Gasteiger partial charge on any atom is -0.475 e. The number of aliphatic carboxylic acids is 1. The smallest absolute Gasteiger partial charge is 0.475 e. The Bertz CT molecular complexity index is 1200. The number of sulfone groups is 1. The lowest BCUT2D eigenvalue weighted by atomic mass is 10.2. The third-order valence-corrected chi connectivity index (χ3v) is 7.64. The summed E-state index contributed by atoms with van der Waals surface area (Å²) in [7, 11) is -3.27. The number of alkyl halides is 3. The molecule has 0 aromatic heterocycles. The lowest BCUT2D eigenvalue weighted by molar-refractivity contribution is -0.192. The molecule has 2 saturated heterocycles. The zero-order valence-corrected chi connectivity index (χ0v) is 21.3. The molecule has 0 saturated carbocycles. The van der Waals surface area contributed by atoms with Gasteiger partial charge in [0.2, 0.25) is 0 Å². The van der Waals surface area contributed by atoms with Gasteiger partial charge >= 0.3 is 12.1 Å². The summed E-state index contributed by atoms with van der Waals surface area (Å²) in [6.07, 6.45) is -0.116. The highest BCUT2D eigenvalue weighted by Crippen LogP contribution is 2.29. The molecule has 202 valence electrons. The van der Waals surface area contributed by atoms with E-state index < -0.39 is 22.0 Å². The van der Waals surface area contributed by atoms with Crippen LogP contribution in [0, 0.1) is 0 Å². The van der Waals surface area contributed by atoms with Gasteiger partial charge in [-0.2, -0.15) is 13.2 Å². The van der Waals surface area contributed by atoms with Crippen LogP contribution in [0.1, 0.15) is 36.5 Å². The summed E-state index contributed by atoms with van der Waals surface area (Å²) in [6, 6.07) is 15.3. The molecule has 37 heavy (non-hydrogen) atoms. The fraction of sp³-hybridized carbons (Fsp3) is 0.440. The Morgan fingerprint density at radius 1 is 1.00 bits per heavy atom. The molecule has 1 amide bonds. The molecule has 2 unspecified atom stereocenters.